The van der Waals surface area contributed by atoms with E-state index >= 15 is 0 Å². The van der Waals surface area contributed by atoms with Gasteiger partial charge in [0.15, 0.2) is 0 Å². The van der Waals surface area contributed by atoms with Crippen molar-refractivity contribution in [3.8, 4) is 0 Å². The minimum atomic E-state index is -0.218. The molecule has 1 atom stereocenters. The summed E-state index contributed by atoms with van der Waals surface area (Å²) >= 11 is 1.52. The third-order valence-electron chi connectivity index (χ3n) is 4.30. The van der Waals surface area contributed by atoms with Crippen molar-refractivity contribution in [2.24, 2.45) is 0 Å². The third kappa shape index (κ3) is 3.35. The fraction of sp³-hybridized carbons (Fsp3) is 0.500. The minimum Gasteiger partial charge on any atom is -0.462 e. The lowest BCUT2D eigenvalue weighted by Crippen LogP contribution is -2.51. The molecule has 1 aromatic carbocycles. The highest BCUT2D eigenvalue weighted by Gasteiger charge is 2.24. The van der Waals surface area contributed by atoms with E-state index in [9.17, 15) is 4.79 Å². The van der Waals surface area contributed by atoms with Gasteiger partial charge in [-0.25, -0.2) is 4.79 Å². The van der Waals surface area contributed by atoms with E-state index < -0.39 is 0 Å². The van der Waals surface area contributed by atoms with Gasteiger partial charge in [-0.1, -0.05) is 19.4 Å². The number of thiophene rings is 1. The summed E-state index contributed by atoms with van der Waals surface area (Å²) in [6.45, 7) is 7.53. The number of fused-ring (bicyclic) bond motifs is 1. The normalized spacial score (nSPS) is 18.3. The minimum absolute atomic E-state index is 0.218. The first-order valence-corrected chi connectivity index (χ1v) is 9.23. The molecule has 1 N–H and O–H groups in total. The summed E-state index contributed by atoms with van der Waals surface area (Å²) in [5, 5.41) is 4.66. The van der Waals surface area contributed by atoms with Gasteiger partial charge in [0.1, 0.15) is 4.88 Å². The Kier molecular flexibility index (Phi) is 5.18. The lowest BCUT2D eigenvalue weighted by atomic mass is 10.1. The van der Waals surface area contributed by atoms with E-state index in [0.29, 0.717) is 17.5 Å². The van der Waals surface area contributed by atoms with Crippen LogP contribution in [0.1, 0.15) is 36.4 Å². The quantitative estimate of drug-likeness (QED) is 0.849. The average Bonchev–Trinajstić information content (AvgIpc) is 3.00. The second-order valence-corrected chi connectivity index (χ2v) is 6.94. The van der Waals surface area contributed by atoms with E-state index in [1.807, 2.05) is 13.0 Å². The summed E-state index contributed by atoms with van der Waals surface area (Å²) in [6.07, 6.45) is 2.36. The molecule has 124 valence electrons. The maximum absolute atomic E-state index is 12.0. The van der Waals surface area contributed by atoms with Gasteiger partial charge in [-0.3, -0.25) is 0 Å². The molecule has 0 aliphatic carbocycles. The number of hydrogen-bond donors (Lipinski definition) is 1. The number of carbonyl (C=O) groups is 1. The van der Waals surface area contributed by atoms with E-state index in [1.54, 1.807) is 0 Å². The van der Waals surface area contributed by atoms with Crippen LogP contribution in [0.25, 0.3) is 10.1 Å². The van der Waals surface area contributed by atoms with Crippen molar-refractivity contribution in [1.29, 1.82) is 0 Å². The molecule has 5 heteroatoms. The van der Waals surface area contributed by atoms with Crippen molar-refractivity contribution in [3.63, 3.8) is 0 Å². The van der Waals surface area contributed by atoms with Crippen LogP contribution in [0.5, 0.6) is 0 Å². The van der Waals surface area contributed by atoms with Crippen LogP contribution in [0.2, 0.25) is 0 Å². The highest BCUT2D eigenvalue weighted by molar-refractivity contribution is 7.20. The van der Waals surface area contributed by atoms with Crippen LogP contribution < -0.4 is 10.2 Å². The van der Waals surface area contributed by atoms with Crippen LogP contribution in [0, 0.1) is 0 Å². The Morgan fingerprint density at radius 3 is 3.09 bits per heavy atom. The second-order valence-electron chi connectivity index (χ2n) is 5.86. The molecule has 3 rings (SSSR count). The topological polar surface area (TPSA) is 41.6 Å². The first-order valence-electron chi connectivity index (χ1n) is 8.41. The average molecular weight is 332 g/mol. The van der Waals surface area contributed by atoms with Crippen LogP contribution in [-0.4, -0.2) is 38.3 Å². The van der Waals surface area contributed by atoms with Crippen molar-refractivity contribution in [1.82, 2.24) is 5.32 Å². The van der Waals surface area contributed by atoms with Crippen molar-refractivity contribution in [2.75, 3.05) is 31.1 Å². The Bertz CT molecular complexity index is 681. The zero-order chi connectivity index (χ0) is 16.2. The molecule has 0 bridgehead atoms. The van der Waals surface area contributed by atoms with Crippen LogP contribution in [0.3, 0.4) is 0 Å². The van der Waals surface area contributed by atoms with Crippen LogP contribution >= 0.6 is 11.3 Å². The van der Waals surface area contributed by atoms with Crippen LogP contribution in [0.15, 0.2) is 24.3 Å². The van der Waals surface area contributed by atoms with E-state index in [0.717, 1.165) is 24.3 Å². The largest absolute Gasteiger partial charge is 0.462 e. The van der Waals surface area contributed by atoms with Crippen LogP contribution in [-0.2, 0) is 4.74 Å². The molecule has 4 nitrogen and oxygen atoms in total. The van der Waals surface area contributed by atoms with E-state index in [1.165, 1.54) is 35.3 Å². The highest BCUT2D eigenvalue weighted by Crippen LogP contribution is 2.35. The molecule has 0 radical (unpaired) electrons. The Morgan fingerprint density at radius 1 is 1.43 bits per heavy atom. The standard InChI is InChI=1S/C18H24N2O2S/c1-3-6-13-12-19-9-10-20(13)15-7-5-8-16-14(15)11-17(23-16)18(21)22-4-2/h5,7-8,11,13,19H,3-4,6,9-10,12H2,1-2H3. The molecule has 0 spiro atoms. The summed E-state index contributed by atoms with van der Waals surface area (Å²) in [5.74, 6) is -0.218. The van der Waals surface area contributed by atoms with Gasteiger partial charge in [0.2, 0.25) is 0 Å². The molecule has 2 heterocycles. The Hall–Kier alpha value is -1.59. The zero-order valence-corrected chi connectivity index (χ0v) is 14.6. The number of ether oxygens (including phenoxy) is 1. The first kappa shape index (κ1) is 16.3. The predicted molar refractivity (Wildman–Crippen MR) is 96.7 cm³/mol. The molecule has 1 unspecified atom stereocenters. The number of benzene rings is 1. The monoisotopic (exact) mass is 332 g/mol. The summed E-state index contributed by atoms with van der Waals surface area (Å²) in [5.41, 5.74) is 1.24. The maximum atomic E-state index is 12.0. The summed E-state index contributed by atoms with van der Waals surface area (Å²) in [6, 6.07) is 8.87. The van der Waals surface area contributed by atoms with Gasteiger partial charge in [-0.2, -0.15) is 0 Å². The molecule has 0 amide bonds. The number of nitrogens with zero attached hydrogens (tertiary/aromatic N) is 1. The summed E-state index contributed by atoms with van der Waals surface area (Å²) in [4.78, 5) is 15.2. The van der Waals surface area contributed by atoms with Crippen LogP contribution in [0.4, 0.5) is 5.69 Å². The zero-order valence-electron chi connectivity index (χ0n) is 13.8. The molecular formula is C18H24N2O2S. The third-order valence-corrected chi connectivity index (χ3v) is 5.38. The van der Waals surface area contributed by atoms with Gasteiger partial charge in [-0.15, -0.1) is 11.3 Å². The Labute approximate surface area is 141 Å². The number of esters is 1. The van der Waals surface area contributed by atoms with E-state index in [-0.39, 0.29) is 5.97 Å². The molecule has 1 fully saturated rings. The van der Waals surface area contributed by atoms with Crippen molar-refractivity contribution >= 4 is 33.1 Å². The number of carbonyl (C=O) groups excluding carboxylic acids is 1. The fourth-order valence-corrected chi connectivity index (χ4v) is 4.24. The van der Waals surface area contributed by atoms with Gasteiger partial charge in [0, 0.05) is 41.4 Å². The fourth-order valence-electron chi connectivity index (χ4n) is 3.27. The molecule has 1 aliphatic rings. The molecule has 1 aliphatic heterocycles. The Morgan fingerprint density at radius 2 is 2.30 bits per heavy atom. The lowest BCUT2D eigenvalue weighted by Gasteiger charge is -2.38. The first-order chi connectivity index (χ1) is 11.2. The van der Waals surface area contributed by atoms with E-state index in [2.05, 4.69) is 35.3 Å². The number of anilines is 1. The van der Waals surface area contributed by atoms with Crippen molar-refractivity contribution in [3.05, 3.63) is 29.1 Å². The predicted octanol–water partition coefficient (Wildman–Crippen LogP) is 3.66. The molecule has 2 aromatic rings. The molecule has 0 saturated carbocycles. The number of piperazine rings is 1. The number of rotatable bonds is 5. The molecule has 1 aromatic heterocycles. The van der Waals surface area contributed by atoms with Gasteiger partial charge in [0.05, 0.1) is 6.61 Å². The van der Waals surface area contributed by atoms with Gasteiger partial charge < -0.3 is 15.0 Å². The van der Waals surface area contributed by atoms with Crippen molar-refractivity contribution in [2.45, 2.75) is 32.7 Å². The lowest BCUT2D eigenvalue weighted by molar-refractivity contribution is 0.0532. The smallest absolute Gasteiger partial charge is 0.348 e. The van der Waals surface area contributed by atoms with Gasteiger partial charge in [0.25, 0.3) is 0 Å². The van der Waals surface area contributed by atoms with Gasteiger partial charge in [-0.05, 0) is 31.5 Å². The second kappa shape index (κ2) is 7.32. The Balaban J connectivity index is 1.98. The SMILES string of the molecule is CCCC1CNCCN1c1cccc2sc(C(=O)OCC)cc12. The summed E-state index contributed by atoms with van der Waals surface area (Å²) < 4.78 is 6.30. The summed E-state index contributed by atoms with van der Waals surface area (Å²) in [7, 11) is 0. The van der Waals surface area contributed by atoms with Crippen molar-refractivity contribution < 1.29 is 9.53 Å². The van der Waals surface area contributed by atoms with E-state index in [4.69, 9.17) is 4.74 Å². The number of nitrogens with one attached hydrogen (secondary N) is 1. The van der Waals surface area contributed by atoms with Gasteiger partial charge >= 0.3 is 5.97 Å². The number of hydrogen-bond acceptors (Lipinski definition) is 5. The molecule has 1 saturated heterocycles. The molecule has 23 heavy (non-hydrogen) atoms. The highest BCUT2D eigenvalue weighted by atomic mass is 32.1. The molecular weight excluding hydrogens is 308 g/mol. The maximum Gasteiger partial charge on any atom is 0.348 e.